The summed E-state index contributed by atoms with van der Waals surface area (Å²) in [7, 11) is 0. The lowest BCUT2D eigenvalue weighted by atomic mass is 9.78. The van der Waals surface area contributed by atoms with Crippen molar-refractivity contribution in [2.24, 2.45) is 17.8 Å². The van der Waals surface area contributed by atoms with Crippen LogP contribution in [0.5, 0.6) is 0 Å². The fourth-order valence-electron chi connectivity index (χ4n) is 6.55. The topological polar surface area (TPSA) is 87.2 Å². The highest BCUT2D eigenvalue weighted by molar-refractivity contribution is 8.02. The summed E-state index contributed by atoms with van der Waals surface area (Å²) in [6.07, 6.45) is 8.30. The molecule has 0 radical (unpaired) electrons. The summed E-state index contributed by atoms with van der Waals surface area (Å²) in [6, 6.07) is 4.59. The Morgan fingerprint density at radius 1 is 1.14 bits per heavy atom. The first-order chi connectivity index (χ1) is 17.2. The molecule has 4 aliphatic rings. The maximum Gasteiger partial charge on any atom is 0.311 e. The van der Waals surface area contributed by atoms with Crippen LogP contribution in [0.25, 0.3) is 0 Å². The van der Waals surface area contributed by atoms with E-state index in [-0.39, 0.29) is 36.2 Å². The molecule has 5 rings (SSSR count). The average Bonchev–Trinajstić information content (AvgIpc) is 3.13. The Bertz CT molecular complexity index is 1130. The Balaban J connectivity index is 1.67. The first-order valence-electron chi connectivity index (χ1n) is 12.7. The molecule has 6 atom stereocenters. The second-order valence-electron chi connectivity index (χ2n) is 10.7. The van der Waals surface area contributed by atoms with Gasteiger partial charge in [0, 0.05) is 17.5 Å². The van der Waals surface area contributed by atoms with E-state index >= 15 is 0 Å². The van der Waals surface area contributed by atoms with Gasteiger partial charge in [0.15, 0.2) is 0 Å². The number of aliphatic hydroxyl groups is 1. The summed E-state index contributed by atoms with van der Waals surface area (Å²) >= 11 is 1.52. The van der Waals surface area contributed by atoms with Crippen LogP contribution < -0.4 is 4.90 Å². The van der Waals surface area contributed by atoms with Crippen LogP contribution in [0.1, 0.15) is 31.4 Å². The molecule has 0 aliphatic carbocycles. The Morgan fingerprint density at radius 2 is 1.86 bits per heavy atom. The van der Waals surface area contributed by atoms with Crippen molar-refractivity contribution in [1.82, 2.24) is 4.90 Å². The van der Waals surface area contributed by atoms with Crippen LogP contribution in [0.15, 0.2) is 42.5 Å². The Hall–Kier alpha value is -2.58. The van der Waals surface area contributed by atoms with Crippen LogP contribution in [0.2, 0.25) is 0 Å². The number of para-hydroxylation sites is 1. The van der Waals surface area contributed by atoms with Crippen LogP contribution >= 0.6 is 11.8 Å². The van der Waals surface area contributed by atoms with Gasteiger partial charge < -0.3 is 19.6 Å². The molecule has 1 N–H and O–H groups in total. The summed E-state index contributed by atoms with van der Waals surface area (Å²) < 4.78 is 4.52. The number of rotatable bonds is 5. The third-order valence-corrected chi connectivity index (χ3v) is 9.65. The van der Waals surface area contributed by atoms with Crippen LogP contribution in [0, 0.1) is 31.6 Å². The van der Waals surface area contributed by atoms with E-state index in [1.807, 2.05) is 70.2 Å². The van der Waals surface area contributed by atoms with Gasteiger partial charge >= 0.3 is 5.97 Å². The van der Waals surface area contributed by atoms with Gasteiger partial charge in [-0.15, -0.1) is 11.8 Å². The van der Waals surface area contributed by atoms with E-state index < -0.39 is 34.6 Å². The minimum Gasteiger partial charge on any atom is -0.461 e. The van der Waals surface area contributed by atoms with Crippen molar-refractivity contribution in [3.8, 4) is 0 Å². The lowest BCUT2D eigenvalue weighted by Crippen LogP contribution is -2.57. The molecule has 1 unspecified atom stereocenters. The van der Waals surface area contributed by atoms with E-state index in [1.54, 1.807) is 9.80 Å². The second kappa shape index (κ2) is 9.38. The molecule has 0 saturated carbocycles. The highest BCUT2D eigenvalue weighted by Crippen LogP contribution is 2.61. The number of hydrogen-bond acceptors (Lipinski definition) is 6. The Labute approximate surface area is 216 Å². The van der Waals surface area contributed by atoms with Crippen molar-refractivity contribution in [2.45, 2.75) is 56.2 Å². The van der Waals surface area contributed by atoms with Gasteiger partial charge in [-0.05, 0) is 37.3 Å². The van der Waals surface area contributed by atoms with E-state index in [9.17, 15) is 19.5 Å². The highest BCUT2D eigenvalue weighted by Gasteiger charge is 2.71. The van der Waals surface area contributed by atoms with Gasteiger partial charge in [-0.25, -0.2) is 0 Å². The number of esters is 1. The highest BCUT2D eigenvalue weighted by atomic mass is 32.2. The third-order valence-electron chi connectivity index (χ3n) is 7.91. The first-order valence-corrected chi connectivity index (χ1v) is 13.6. The van der Waals surface area contributed by atoms with Crippen molar-refractivity contribution in [1.29, 1.82) is 0 Å². The van der Waals surface area contributed by atoms with Gasteiger partial charge in [0.1, 0.15) is 12.6 Å². The van der Waals surface area contributed by atoms with E-state index in [1.165, 1.54) is 11.8 Å². The predicted molar refractivity (Wildman–Crippen MR) is 140 cm³/mol. The zero-order valence-corrected chi connectivity index (χ0v) is 22.0. The summed E-state index contributed by atoms with van der Waals surface area (Å²) in [4.78, 5) is 45.3. The van der Waals surface area contributed by atoms with Crippen LogP contribution in [0.3, 0.4) is 0 Å². The Morgan fingerprint density at radius 3 is 2.53 bits per heavy atom. The van der Waals surface area contributed by atoms with E-state index in [0.29, 0.717) is 13.0 Å². The third kappa shape index (κ3) is 3.72. The lowest BCUT2D eigenvalue weighted by Gasteiger charge is -2.39. The summed E-state index contributed by atoms with van der Waals surface area (Å²) in [5, 5.41) is 10.2. The molecular formula is C28H34N2O5S. The summed E-state index contributed by atoms with van der Waals surface area (Å²) in [5.41, 5.74) is 2.81. The molecule has 36 heavy (non-hydrogen) atoms. The molecule has 0 bridgehead atoms. The predicted octanol–water partition coefficient (Wildman–Crippen LogP) is 3.02. The fourth-order valence-corrected chi connectivity index (χ4v) is 8.54. The van der Waals surface area contributed by atoms with Gasteiger partial charge in [-0.1, -0.05) is 56.4 Å². The van der Waals surface area contributed by atoms with Crippen LogP contribution in [-0.2, 0) is 19.1 Å². The number of cyclic esters (lactones) is 1. The van der Waals surface area contributed by atoms with Crippen LogP contribution in [-0.4, -0.2) is 69.6 Å². The van der Waals surface area contributed by atoms with Crippen LogP contribution in [0.4, 0.5) is 5.69 Å². The molecule has 0 aromatic heterocycles. The number of benzene rings is 1. The number of thioether (sulfide) groups is 1. The number of anilines is 1. The number of fused-ring (bicyclic) bond motifs is 2. The maximum absolute atomic E-state index is 14.5. The fraction of sp³-hybridized carbons (Fsp3) is 0.536. The zero-order valence-electron chi connectivity index (χ0n) is 21.2. The van der Waals surface area contributed by atoms with E-state index in [0.717, 1.165) is 16.8 Å². The van der Waals surface area contributed by atoms with E-state index in [4.69, 9.17) is 4.74 Å². The molecule has 2 saturated heterocycles. The molecule has 2 amide bonds. The van der Waals surface area contributed by atoms with Gasteiger partial charge in [0.05, 0.1) is 29.2 Å². The number of aliphatic hydroxyl groups excluding tert-OH is 1. The molecule has 8 heteroatoms. The second-order valence-corrected chi connectivity index (χ2v) is 12.2. The number of carbonyl (C=O) groups is 3. The SMILES string of the molecule is Cc1cccc(C)c1N1CC=C[C@]23S[C@@H]4C=CCOC(=O)[C@@H]4[C@H]2C(=O)N([C@@H](CO)CC(C)C)C3C1=O. The monoisotopic (exact) mass is 510 g/mol. The smallest absolute Gasteiger partial charge is 0.311 e. The number of hydrogen-bond donors (Lipinski definition) is 1. The number of ether oxygens (including phenoxy) is 1. The number of likely N-dealkylation sites (tertiary alicyclic amines) is 1. The van der Waals surface area contributed by atoms with Crippen molar-refractivity contribution in [3.63, 3.8) is 0 Å². The van der Waals surface area contributed by atoms with Gasteiger partial charge in [0.2, 0.25) is 5.91 Å². The van der Waals surface area contributed by atoms with Crippen molar-refractivity contribution in [2.75, 3.05) is 24.7 Å². The number of aryl methyl sites for hydroxylation is 2. The molecule has 2 fully saturated rings. The molecule has 7 nitrogen and oxygen atoms in total. The number of amides is 2. The molecule has 192 valence electrons. The minimum absolute atomic E-state index is 0.170. The molecule has 4 heterocycles. The minimum atomic E-state index is -0.917. The number of nitrogens with zero attached hydrogens (tertiary/aromatic N) is 2. The lowest BCUT2D eigenvalue weighted by molar-refractivity contribution is -0.152. The average molecular weight is 511 g/mol. The molecule has 1 aromatic rings. The largest absolute Gasteiger partial charge is 0.461 e. The van der Waals surface area contributed by atoms with Gasteiger partial charge in [-0.3, -0.25) is 14.4 Å². The molecule has 4 aliphatic heterocycles. The number of carbonyl (C=O) groups excluding carboxylic acids is 3. The maximum atomic E-state index is 14.5. The quantitative estimate of drug-likeness (QED) is 0.484. The normalized spacial score (nSPS) is 32.2. The molecule has 1 aromatic carbocycles. The summed E-state index contributed by atoms with van der Waals surface area (Å²) in [6.45, 7) is 8.37. The van der Waals surface area contributed by atoms with Gasteiger partial charge in [-0.2, -0.15) is 0 Å². The molecular weight excluding hydrogens is 476 g/mol. The Kier molecular flexibility index (Phi) is 6.53. The van der Waals surface area contributed by atoms with Gasteiger partial charge in [0.25, 0.3) is 5.91 Å². The summed E-state index contributed by atoms with van der Waals surface area (Å²) in [5.74, 6) is -1.99. The molecule has 1 spiro atoms. The van der Waals surface area contributed by atoms with E-state index in [2.05, 4.69) is 0 Å². The van der Waals surface area contributed by atoms with Crippen molar-refractivity contribution in [3.05, 3.63) is 53.6 Å². The van der Waals surface area contributed by atoms with Crippen molar-refractivity contribution >= 4 is 35.2 Å². The first kappa shape index (κ1) is 25.1. The standard InChI is InChI=1S/C28H34N2O5S/c1-16(2)14-19(15-31)30-24-26(33)29(23-17(3)8-5-9-18(23)4)12-7-11-28(24)22(25(30)32)21-20(36-28)10-6-13-35-27(21)34/h5-11,16,19-22,24,31H,12-15H2,1-4H3/t19-,20-,21+,22+,24?,28+/m1/s1. The zero-order chi connectivity index (χ0) is 25.8. The van der Waals surface area contributed by atoms with Crippen molar-refractivity contribution < 1.29 is 24.2 Å².